The molecule has 0 aromatic heterocycles. The highest BCUT2D eigenvalue weighted by molar-refractivity contribution is 5.92. The number of hydrogen-bond acceptors (Lipinski definition) is 3. The number of piperazine rings is 1. The molecule has 4 nitrogen and oxygen atoms in total. The number of alkyl halides is 3. The number of carbonyl (C=O) groups is 1. The van der Waals surface area contributed by atoms with E-state index in [9.17, 15) is 18.0 Å². The summed E-state index contributed by atoms with van der Waals surface area (Å²) in [5, 5.41) is 0. The Balaban J connectivity index is 1.54. The normalized spacial score (nSPS) is 14.8. The van der Waals surface area contributed by atoms with Crippen molar-refractivity contribution in [3.05, 3.63) is 78.4 Å². The molecule has 1 fully saturated rings. The van der Waals surface area contributed by atoms with Crippen LogP contribution in [0, 0.1) is 0 Å². The third-order valence-corrected chi connectivity index (χ3v) is 4.80. The topological polar surface area (TPSA) is 32.8 Å². The average molecular weight is 416 g/mol. The Kier molecular flexibility index (Phi) is 6.82. The van der Waals surface area contributed by atoms with Crippen molar-refractivity contribution in [2.24, 2.45) is 0 Å². The lowest BCUT2D eigenvalue weighted by molar-refractivity contribution is -0.137. The van der Waals surface area contributed by atoms with Crippen LogP contribution in [0.15, 0.2) is 67.3 Å². The van der Waals surface area contributed by atoms with E-state index in [2.05, 4.69) is 6.58 Å². The van der Waals surface area contributed by atoms with E-state index in [1.165, 1.54) is 12.1 Å². The maximum absolute atomic E-state index is 12.9. The van der Waals surface area contributed by atoms with Crippen molar-refractivity contribution in [1.82, 2.24) is 4.90 Å². The van der Waals surface area contributed by atoms with Crippen LogP contribution in [0.3, 0.4) is 0 Å². The van der Waals surface area contributed by atoms with Crippen molar-refractivity contribution in [1.29, 1.82) is 0 Å². The molecule has 0 unspecified atom stereocenters. The summed E-state index contributed by atoms with van der Waals surface area (Å²) in [4.78, 5) is 16.0. The van der Waals surface area contributed by atoms with Crippen LogP contribution in [-0.4, -0.2) is 43.6 Å². The molecule has 0 aliphatic carbocycles. The maximum Gasteiger partial charge on any atom is 0.416 e. The van der Waals surface area contributed by atoms with Gasteiger partial charge in [-0.3, -0.25) is 4.79 Å². The van der Waals surface area contributed by atoms with Gasteiger partial charge in [0.1, 0.15) is 12.4 Å². The lowest BCUT2D eigenvalue weighted by atomic mass is 10.1. The summed E-state index contributed by atoms with van der Waals surface area (Å²) in [6.45, 7) is 5.90. The summed E-state index contributed by atoms with van der Waals surface area (Å²) in [5.74, 6) is 0.606. The molecule has 0 saturated carbocycles. The van der Waals surface area contributed by atoms with Crippen LogP contribution in [0.25, 0.3) is 6.08 Å². The molecule has 1 saturated heterocycles. The first-order valence-electron chi connectivity index (χ1n) is 9.60. The highest BCUT2D eigenvalue weighted by Gasteiger charge is 2.31. The first kappa shape index (κ1) is 21.5. The summed E-state index contributed by atoms with van der Waals surface area (Å²) < 4.78 is 44.2. The van der Waals surface area contributed by atoms with Crippen molar-refractivity contribution in [3.63, 3.8) is 0 Å². The summed E-state index contributed by atoms with van der Waals surface area (Å²) in [6, 6.07) is 12.6. The van der Waals surface area contributed by atoms with Gasteiger partial charge in [0.25, 0.3) is 0 Å². The number of amides is 1. The van der Waals surface area contributed by atoms with Gasteiger partial charge in [0.05, 0.1) is 5.56 Å². The Hall–Kier alpha value is -3.22. The fourth-order valence-electron chi connectivity index (χ4n) is 3.17. The average Bonchev–Trinajstić information content (AvgIpc) is 2.76. The first-order chi connectivity index (χ1) is 14.4. The SMILES string of the molecule is C=CCOc1ccc(/C=C/C(=O)N2CCN(c3cccc(C(F)(F)F)c3)CC2)cc1. The standard InChI is InChI=1S/C23H23F3N2O2/c1-2-16-30-21-9-6-18(7-10-21)8-11-22(29)28-14-12-27(13-15-28)20-5-3-4-19(17-20)23(24,25)26/h2-11,17H,1,12-16H2/b11-8+. The molecule has 0 bridgehead atoms. The first-order valence-corrected chi connectivity index (χ1v) is 9.60. The van der Waals surface area contributed by atoms with Crippen LogP contribution in [-0.2, 0) is 11.0 Å². The van der Waals surface area contributed by atoms with Gasteiger partial charge < -0.3 is 14.5 Å². The van der Waals surface area contributed by atoms with Crippen molar-refractivity contribution >= 4 is 17.7 Å². The Morgan fingerprint density at radius 3 is 2.40 bits per heavy atom. The van der Waals surface area contributed by atoms with E-state index in [1.54, 1.807) is 23.1 Å². The molecule has 1 amide bonds. The molecule has 2 aromatic carbocycles. The molecule has 158 valence electrons. The van der Waals surface area contributed by atoms with Gasteiger partial charge >= 0.3 is 6.18 Å². The van der Waals surface area contributed by atoms with Crippen LogP contribution in [0.2, 0.25) is 0 Å². The summed E-state index contributed by atoms with van der Waals surface area (Å²) in [5.41, 5.74) is 0.727. The molecule has 7 heteroatoms. The van der Waals surface area contributed by atoms with Gasteiger partial charge in [-0.2, -0.15) is 13.2 Å². The number of anilines is 1. The van der Waals surface area contributed by atoms with E-state index in [4.69, 9.17) is 4.74 Å². The minimum Gasteiger partial charge on any atom is -0.490 e. The molecule has 1 aliphatic heterocycles. The van der Waals surface area contributed by atoms with Crippen molar-refractivity contribution in [2.45, 2.75) is 6.18 Å². The minimum atomic E-state index is -4.37. The van der Waals surface area contributed by atoms with E-state index >= 15 is 0 Å². The second-order valence-corrected chi connectivity index (χ2v) is 6.86. The van der Waals surface area contributed by atoms with Gasteiger partial charge in [0.2, 0.25) is 5.91 Å². The zero-order valence-electron chi connectivity index (χ0n) is 16.4. The van der Waals surface area contributed by atoms with E-state index in [1.807, 2.05) is 29.2 Å². The van der Waals surface area contributed by atoms with Crippen molar-refractivity contribution < 1.29 is 22.7 Å². The Morgan fingerprint density at radius 1 is 1.07 bits per heavy atom. The number of rotatable bonds is 6. The van der Waals surface area contributed by atoms with Crippen LogP contribution < -0.4 is 9.64 Å². The zero-order chi connectivity index (χ0) is 21.6. The quantitative estimate of drug-likeness (QED) is 0.508. The molecule has 0 atom stereocenters. The lowest BCUT2D eigenvalue weighted by Crippen LogP contribution is -2.48. The summed E-state index contributed by atoms with van der Waals surface area (Å²) >= 11 is 0. The molecule has 3 rings (SSSR count). The van der Waals surface area contributed by atoms with E-state index in [0.29, 0.717) is 38.5 Å². The second kappa shape index (κ2) is 9.52. The highest BCUT2D eigenvalue weighted by Crippen LogP contribution is 2.31. The molecule has 0 N–H and O–H groups in total. The van der Waals surface area contributed by atoms with Crippen molar-refractivity contribution in [2.75, 3.05) is 37.7 Å². The smallest absolute Gasteiger partial charge is 0.416 e. The van der Waals surface area contributed by atoms with Crippen LogP contribution in [0.4, 0.5) is 18.9 Å². The molecule has 1 heterocycles. The largest absolute Gasteiger partial charge is 0.490 e. The number of halogens is 3. The Labute approximate surface area is 173 Å². The van der Waals surface area contributed by atoms with E-state index in [-0.39, 0.29) is 5.91 Å². The van der Waals surface area contributed by atoms with Gasteiger partial charge in [-0.25, -0.2) is 0 Å². The number of benzene rings is 2. The second-order valence-electron chi connectivity index (χ2n) is 6.86. The zero-order valence-corrected chi connectivity index (χ0v) is 16.4. The fraction of sp³-hybridized carbons (Fsp3) is 0.261. The number of carbonyl (C=O) groups excluding carboxylic acids is 1. The molecule has 0 radical (unpaired) electrons. The third-order valence-electron chi connectivity index (χ3n) is 4.80. The Morgan fingerprint density at radius 2 is 1.77 bits per heavy atom. The monoisotopic (exact) mass is 416 g/mol. The highest BCUT2D eigenvalue weighted by atomic mass is 19.4. The van der Waals surface area contributed by atoms with Gasteiger partial charge in [0, 0.05) is 37.9 Å². The number of nitrogens with zero attached hydrogens (tertiary/aromatic N) is 2. The van der Waals surface area contributed by atoms with E-state index < -0.39 is 11.7 Å². The summed E-state index contributed by atoms with van der Waals surface area (Å²) in [7, 11) is 0. The van der Waals surface area contributed by atoms with Crippen LogP contribution in [0.1, 0.15) is 11.1 Å². The molecular weight excluding hydrogens is 393 g/mol. The fourth-order valence-corrected chi connectivity index (χ4v) is 3.17. The molecule has 0 spiro atoms. The Bertz CT molecular complexity index is 899. The van der Waals surface area contributed by atoms with E-state index in [0.717, 1.165) is 23.4 Å². The third kappa shape index (κ3) is 5.65. The molecule has 30 heavy (non-hydrogen) atoms. The predicted molar refractivity (Wildman–Crippen MR) is 111 cm³/mol. The molecule has 1 aliphatic rings. The molecule has 2 aromatic rings. The predicted octanol–water partition coefficient (Wildman–Crippen LogP) is 4.63. The van der Waals surface area contributed by atoms with Gasteiger partial charge in [-0.15, -0.1) is 0 Å². The lowest BCUT2D eigenvalue weighted by Gasteiger charge is -2.35. The van der Waals surface area contributed by atoms with Crippen LogP contribution >= 0.6 is 0 Å². The minimum absolute atomic E-state index is 0.120. The molecular formula is C23H23F3N2O2. The number of ether oxygens (including phenoxy) is 1. The van der Waals surface area contributed by atoms with Gasteiger partial charge in [-0.1, -0.05) is 30.9 Å². The number of hydrogen-bond donors (Lipinski definition) is 0. The van der Waals surface area contributed by atoms with Gasteiger partial charge in [-0.05, 0) is 42.0 Å². The summed E-state index contributed by atoms with van der Waals surface area (Å²) in [6.07, 6.45) is 0.548. The maximum atomic E-state index is 12.9. The van der Waals surface area contributed by atoms with Gasteiger partial charge in [0.15, 0.2) is 0 Å². The van der Waals surface area contributed by atoms with Crippen molar-refractivity contribution in [3.8, 4) is 5.75 Å². The van der Waals surface area contributed by atoms with Crippen LogP contribution in [0.5, 0.6) is 5.75 Å².